The van der Waals surface area contributed by atoms with Gasteiger partial charge in [-0.15, -0.1) is 0 Å². The van der Waals surface area contributed by atoms with E-state index in [1.165, 1.54) is 18.2 Å². The van der Waals surface area contributed by atoms with Gasteiger partial charge in [-0.3, -0.25) is 4.72 Å². The van der Waals surface area contributed by atoms with Gasteiger partial charge in [-0.2, -0.15) is 0 Å². The molecule has 18 heavy (non-hydrogen) atoms. The van der Waals surface area contributed by atoms with Crippen molar-refractivity contribution in [1.29, 1.82) is 0 Å². The Labute approximate surface area is 108 Å². The molecule has 0 saturated carbocycles. The first-order chi connectivity index (χ1) is 8.49. The molecular formula is C10H7ClFN3O2S. The van der Waals surface area contributed by atoms with Gasteiger partial charge in [0.25, 0.3) is 10.0 Å². The second-order valence-electron chi connectivity index (χ2n) is 3.27. The van der Waals surface area contributed by atoms with Gasteiger partial charge in [0.05, 0.1) is 18.1 Å². The van der Waals surface area contributed by atoms with Crippen molar-refractivity contribution >= 4 is 27.3 Å². The number of anilines is 1. The minimum Gasteiger partial charge on any atom is -0.277 e. The van der Waals surface area contributed by atoms with Gasteiger partial charge in [0.1, 0.15) is 10.7 Å². The van der Waals surface area contributed by atoms with Crippen LogP contribution >= 0.6 is 11.6 Å². The third kappa shape index (κ3) is 2.74. The lowest BCUT2D eigenvalue weighted by atomic mass is 10.3. The minimum absolute atomic E-state index is 0.0696. The summed E-state index contributed by atoms with van der Waals surface area (Å²) >= 11 is 5.45. The number of hydrogen-bond acceptors (Lipinski definition) is 4. The van der Waals surface area contributed by atoms with Gasteiger partial charge in [-0.1, -0.05) is 12.1 Å². The number of para-hydroxylation sites is 1. The standard InChI is InChI=1S/C10H7ClFN3O2S/c11-10-13-5-7(6-14-10)18(16,17)15-9-4-2-1-3-8(9)12/h1-6,15H. The average molecular weight is 288 g/mol. The van der Waals surface area contributed by atoms with E-state index in [9.17, 15) is 12.8 Å². The second-order valence-corrected chi connectivity index (χ2v) is 5.29. The van der Waals surface area contributed by atoms with Crippen LogP contribution in [0.1, 0.15) is 0 Å². The molecule has 2 aromatic rings. The van der Waals surface area contributed by atoms with Gasteiger partial charge in [0, 0.05) is 0 Å². The highest BCUT2D eigenvalue weighted by Crippen LogP contribution is 2.18. The summed E-state index contributed by atoms with van der Waals surface area (Å²) in [5.41, 5.74) is -0.146. The molecule has 1 aromatic heterocycles. The van der Waals surface area contributed by atoms with Crippen LogP contribution < -0.4 is 4.72 Å². The number of hydrogen-bond donors (Lipinski definition) is 1. The lowest BCUT2D eigenvalue weighted by Crippen LogP contribution is -2.14. The van der Waals surface area contributed by atoms with Gasteiger partial charge < -0.3 is 0 Å². The van der Waals surface area contributed by atoms with E-state index in [1.54, 1.807) is 0 Å². The van der Waals surface area contributed by atoms with Gasteiger partial charge >= 0.3 is 0 Å². The van der Waals surface area contributed by atoms with Crippen LogP contribution in [0.2, 0.25) is 5.28 Å². The van der Waals surface area contributed by atoms with E-state index in [4.69, 9.17) is 11.6 Å². The Morgan fingerprint density at radius 1 is 1.17 bits per heavy atom. The smallest absolute Gasteiger partial charge is 0.265 e. The van der Waals surface area contributed by atoms with E-state index in [1.807, 2.05) is 0 Å². The predicted molar refractivity (Wildman–Crippen MR) is 64.3 cm³/mol. The van der Waals surface area contributed by atoms with Crippen molar-refractivity contribution < 1.29 is 12.8 Å². The van der Waals surface area contributed by atoms with E-state index in [2.05, 4.69) is 14.7 Å². The molecule has 0 saturated heterocycles. The number of halogens is 2. The first kappa shape index (κ1) is 12.7. The summed E-state index contributed by atoms with van der Waals surface area (Å²) in [6.45, 7) is 0. The molecule has 2 rings (SSSR count). The average Bonchev–Trinajstić information content (AvgIpc) is 2.32. The monoisotopic (exact) mass is 287 g/mol. The highest BCUT2D eigenvalue weighted by atomic mass is 35.5. The Kier molecular flexibility index (Phi) is 3.44. The van der Waals surface area contributed by atoms with Crippen LogP contribution in [0.5, 0.6) is 0 Å². The first-order valence-electron chi connectivity index (χ1n) is 4.74. The zero-order chi connectivity index (χ0) is 13.2. The van der Waals surface area contributed by atoms with E-state index in [-0.39, 0.29) is 15.9 Å². The maximum absolute atomic E-state index is 13.3. The van der Waals surface area contributed by atoms with E-state index >= 15 is 0 Å². The number of nitrogens with one attached hydrogen (secondary N) is 1. The molecule has 0 atom stereocenters. The summed E-state index contributed by atoms with van der Waals surface area (Å²) in [6.07, 6.45) is 2.08. The van der Waals surface area contributed by atoms with Crippen molar-refractivity contribution in [2.75, 3.05) is 4.72 Å². The third-order valence-corrected chi connectivity index (χ3v) is 3.54. The molecule has 0 fully saturated rings. The van der Waals surface area contributed by atoms with Crippen molar-refractivity contribution in [3.8, 4) is 0 Å². The summed E-state index contributed by atoms with van der Waals surface area (Å²) in [6, 6.07) is 5.43. The van der Waals surface area contributed by atoms with Crippen LogP contribution in [-0.4, -0.2) is 18.4 Å². The van der Waals surface area contributed by atoms with Crippen LogP contribution in [0.4, 0.5) is 10.1 Å². The normalized spacial score (nSPS) is 11.2. The molecule has 5 nitrogen and oxygen atoms in total. The minimum atomic E-state index is -3.93. The molecule has 94 valence electrons. The van der Waals surface area contributed by atoms with Gasteiger partial charge in [-0.25, -0.2) is 22.8 Å². The number of aromatic nitrogens is 2. The molecule has 0 amide bonds. The van der Waals surface area contributed by atoms with Crippen molar-refractivity contribution in [3.05, 3.63) is 47.8 Å². The van der Waals surface area contributed by atoms with Gasteiger partial charge in [0.2, 0.25) is 5.28 Å². The fourth-order valence-electron chi connectivity index (χ4n) is 1.19. The molecule has 0 bridgehead atoms. The highest BCUT2D eigenvalue weighted by Gasteiger charge is 2.16. The maximum Gasteiger partial charge on any atom is 0.265 e. The SMILES string of the molecule is O=S(=O)(Nc1ccccc1F)c1cnc(Cl)nc1. The molecule has 0 aliphatic carbocycles. The van der Waals surface area contributed by atoms with Crippen LogP contribution in [0.15, 0.2) is 41.6 Å². The lowest BCUT2D eigenvalue weighted by Gasteiger charge is -2.07. The topological polar surface area (TPSA) is 72.0 Å². The molecule has 0 aliphatic heterocycles. The molecular weight excluding hydrogens is 281 g/mol. The number of nitrogens with zero attached hydrogens (tertiary/aromatic N) is 2. The van der Waals surface area contributed by atoms with Crippen LogP contribution in [0.3, 0.4) is 0 Å². The zero-order valence-corrected chi connectivity index (χ0v) is 10.4. The third-order valence-electron chi connectivity index (χ3n) is 2.03. The van der Waals surface area contributed by atoms with Gasteiger partial charge in [-0.05, 0) is 23.7 Å². The van der Waals surface area contributed by atoms with Crippen LogP contribution in [-0.2, 0) is 10.0 Å². The number of rotatable bonds is 3. The summed E-state index contributed by atoms with van der Waals surface area (Å²) in [5.74, 6) is -0.670. The number of sulfonamides is 1. The first-order valence-corrected chi connectivity index (χ1v) is 6.60. The summed E-state index contributed by atoms with van der Waals surface area (Å²) in [4.78, 5) is 6.90. The van der Waals surface area contributed by atoms with Crippen molar-refractivity contribution in [3.63, 3.8) is 0 Å². The molecule has 1 N–H and O–H groups in total. The summed E-state index contributed by atoms with van der Waals surface area (Å²) in [5, 5.41) is -0.0696. The molecule has 1 aromatic carbocycles. The Bertz CT molecular complexity index is 661. The molecule has 0 radical (unpaired) electrons. The fraction of sp³-hybridized carbons (Fsp3) is 0. The van der Waals surface area contributed by atoms with Crippen LogP contribution in [0, 0.1) is 5.82 Å². The molecule has 0 unspecified atom stereocenters. The Balaban J connectivity index is 2.33. The summed E-state index contributed by atoms with van der Waals surface area (Å²) < 4.78 is 39.1. The zero-order valence-electron chi connectivity index (χ0n) is 8.84. The predicted octanol–water partition coefficient (Wildman–Crippen LogP) is 2.07. The lowest BCUT2D eigenvalue weighted by molar-refractivity contribution is 0.597. The quantitative estimate of drug-likeness (QED) is 0.877. The van der Waals surface area contributed by atoms with Crippen molar-refractivity contribution in [1.82, 2.24) is 9.97 Å². The summed E-state index contributed by atoms with van der Waals surface area (Å²) in [7, 11) is -3.93. The van der Waals surface area contributed by atoms with Gasteiger partial charge in [0.15, 0.2) is 0 Å². The largest absolute Gasteiger partial charge is 0.277 e. The van der Waals surface area contributed by atoms with Crippen molar-refractivity contribution in [2.24, 2.45) is 0 Å². The fourth-order valence-corrected chi connectivity index (χ4v) is 2.24. The molecule has 1 heterocycles. The molecule has 0 spiro atoms. The van der Waals surface area contributed by atoms with Crippen LogP contribution in [0.25, 0.3) is 0 Å². The second kappa shape index (κ2) is 4.87. The molecule has 0 aliphatic rings. The van der Waals surface area contributed by atoms with E-state index < -0.39 is 15.8 Å². The van der Waals surface area contributed by atoms with E-state index in [0.29, 0.717) is 0 Å². The Hall–Kier alpha value is -1.73. The van der Waals surface area contributed by atoms with Crippen molar-refractivity contribution in [2.45, 2.75) is 4.90 Å². The highest BCUT2D eigenvalue weighted by molar-refractivity contribution is 7.92. The maximum atomic E-state index is 13.3. The Morgan fingerprint density at radius 3 is 2.39 bits per heavy atom. The van der Waals surface area contributed by atoms with E-state index in [0.717, 1.165) is 18.5 Å². The number of benzene rings is 1. The Morgan fingerprint density at radius 2 is 1.78 bits per heavy atom. The molecule has 8 heteroatoms.